The van der Waals surface area contributed by atoms with Gasteiger partial charge in [0.15, 0.2) is 0 Å². The summed E-state index contributed by atoms with van der Waals surface area (Å²) in [7, 11) is 0. The normalized spacial score (nSPS) is 20.6. The molecule has 21 heavy (non-hydrogen) atoms. The van der Waals surface area contributed by atoms with Crippen molar-refractivity contribution in [2.75, 3.05) is 13.1 Å². The van der Waals surface area contributed by atoms with Crippen molar-refractivity contribution >= 4 is 6.09 Å². The number of carbonyl (C=O) groups is 1. The maximum atomic E-state index is 12.0. The largest absolute Gasteiger partial charge is 0.444 e. The van der Waals surface area contributed by atoms with Crippen LogP contribution >= 0.6 is 0 Å². The van der Waals surface area contributed by atoms with Crippen LogP contribution in [0.3, 0.4) is 0 Å². The highest BCUT2D eigenvalue weighted by atomic mass is 16.6. The van der Waals surface area contributed by atoms with Gasteiger partial charge in [-0.1, -0.05) is 39.0 Å². The standard InChI is InChI=1S/C17H34N2O2/c1-5-6-7-8-9-10-15(18)14-11-12-19(13-14)16(20)21-17(2,3)4/h14-15H,5-13,18H2,1-4H3. The fourth-order valence-corrected chi connectivity index (χ4v) is 2.85. The second-order valence-electron chi connectivity index (χ2n) is 7.34. The van der Waals surface area contributed by atoms with Crippen LogP contribution < -0.4 is 5.73 Å². The number of hydrogen-bond acceptors (Lipinski definition) is 3. The van der Waals surface area contributed by atoms with Gasteiger partial charge in [0, 0.05) is 19.1 Å². The highest BCUT2D eigenvalue weighted by Gasteiger charge is 2.32. The lowest BCUT2D eigenvalue weighted by Crippen LogP contribution is -2.37. The number of rotatable bonds is 7. The molecule has 0 saturated carbocycles. The molecule has 0 radical (unpaired) electrons. The first-order valence-electron chi connectivity index (χ1n) is 8.57. The second kappa shape index (κ2) is 8.62. The fraction of sp³-hybridized carbons (Fsp3) is 0.941. The molecule has 1 fully saturated rings. The number of nitrogens with zero attached hydrogens (tertiary/aromatic N) is 1. The fourth-order valence-electron chi connectivity index (χ4n) is 2.85. The Morgan fingerprint density at radius 2 is 1.95 bits per heavy atom. The lowest BCUT2D eigenvalue weighted by Gasteiger charge is -2.25. The predicted octanol–water partition coefficient (Wildman–Crippen LogP) is 3.93. The van der Waals surface area contributed by atoms with Crippen molar-refractivity contribution in [2.24, 2.45) is 11.7 Å². The molecule has 124 valence electrons. The van der Waals surface area contributed by atoms with E-state index in [2.05, 4.69) is 6.92 Å². The topological polar surface area (TPSA) is 55.6 Å². The lowest BCUT2D eigenvalue weighted by atomic mass is 9.94. The molecule has 2 atom stereocenters. The molecule has 0 spiro atoms. The first kappa shape index (κ1) is 18.3. The van der Waals surface area contributed by atoms with Crippen molar-refractivity contribution in [3.05, 3.63) is 0 Å². The average Bonchev–Trinajstić information content (AvgIpc) is 2.86. The van der Waals surface area contributed by atoms with Crippen LogP contribution in [0.5, 0.6) is 0 Å². The van der Waals surface area contributed by atoms with Crippen molar-refractivity contribution in [1.82, 2.24) is 4.90 Å². The van der Waals surface area contributed by atoms with Crippen LogP contribution in [-0.2, 0) is 4.74 Å². The Kier molecular flexibility index (Phi) is 7.50. The van der Waals surface area contributed by atoms with Crippen molar-refractivity contribution in [3.8, 4) is 0 Å². The van der Waals surface area contributed by atoms with E-state index in [1.54, 1.807) is 0 Å². The Hall–Kier alpha value is -0.770. The summed E-state index contributed by atoms with van der Waals surface area (Å²) in [4.78, 5) is 13.8. The summed E-state index contributed by atoms with van der Waals surface area (Å²) in [5, 5.41) is 0. The maximum Gasteiger partial charge on any atom is 0.410 e. The van der Waals surface area contributed by atoms with E-state index in [4.69, 9.17) is 10.5 Å². The SMILES string of the molecule is CCCCCCCC(N)C1CCN(C(=O)OC(C)(C)C)C1. The third-order valence-corrected chi connectivity index (χ3v) is 4.12. The Bertz CT molecular complexity index is 312. The molecule has 1 heterocycles. The van der Waals surface area contributed by atoms with E-state index in [1.807, 2.05) is 25.7 Å². The zero-order chi connectivity index (χ0) is 15.9. The van der Waals surface area contributed by atoms with Crippen molar-refractivity contribution in [3.63, 3.8) is 0 Å². The summed E-state index contributed by atoms with van der Waals surface area (Å²) >= 11 is 0. The van der Waals surface area contributed by atoms with Crippen molar-refractivity contribution in [2.45, 2.75) is 84.3 Å². The molecular formula is C17H34N2O2. The minimum Gasteiger partial charge on any atom is -0.444 e. The van der Waals surface area contributed by atoms with Crippen molar-refractivity contribution in [1.29, 1.82) is 0 Å². The number of nitrogens with two attached hydrogens (primary N) is 1. The predicted molar refractivity (Wildman–Crippen MR) is 87.3 cm³/mol. The molecule has 1 saturated heterocycles. The van der Waals surface area contributed by atoms with Crippen LogP contribution in [-0.4, -0.2) is 35.7 Å². The van der Waals surface area contributed by atoms with E-state index >= 15 is 0 Å². The van der Waals surface area contributed by atoms with Crippen LogP contribution in [0.2, 0.25) is 0 Å². The van der Waals surface area contributed by atoms with E-state index in [9.17, 15) is 4.79 Å². The molecule has 2 N–H and O–H groups in total. The van der Waals surface area contributed by atoms with Gasteiger partial charge in [0.05, 0.1) is 0 Å². The van der Waals surface area contributed by atoms with Crippen LogP contribution in [0.1, 0.15) is 72.6 Å². The molecule has 0 aromatic carbocycles. The number of carbonyl (C=O) groups excluding carboxylic acids is 1. The number of likely N-dealkylation sites (tertiary alicyclic amines) is 1. The lowest BCUT2D eigenvalue weighted by molar-refractivity contribution is 0.0286. The van der Waals surface area contributed by atoms with Gasteiger partial charge >= 0.3 is 6.09 Å². The molecule has 0 aromatic rings. The molecule has 1 aliphatic heterocycles. The van der Waals surface area contributed by atoms with Gasteiger partial charge in [0.25, 0.3) is 0 Å². The molecule has 2 unspecified atom stereocenters. The summed E-state index contributed by atoms with van der Waals surface area (Å²) in [5.74, 6) is 0.434. The molecule has 0 bridgehead atoms. The first-order valence-corrected chi connectivity index (χ1v) is 8.57. The van der Waals surface area contributed by atoms with E-state index in [-0.39, 0.29) is 12.1 Å². The summed E-state index contributed by atoms with van der Waals surface area (Å²) < 4.78 is 5.42. The number of hydrogen-bond donors (Lipinski definition) is 1. The van der Waals surface area contributed by atoms with Crippen molar-refractivity contribution < 1.29 is 9.53 Å². The number of unbranched alkanes of at least 4 members (excludes halogenated alkanes) is 4. The number of ether oxygens (including phenoxy) is 1. The van der Waals surface area contributed by atoms with E-state index < -0.39 is 5.60 Å². The van der Waals surface area contributed by atoms with Crippen LogP contribution in [0.15, 0.2) is 0 Å². The monoisotopic (exact) mass is 298 g/mol. The zero-order valence-corrected chi connectivity index (χ0v) is 14.4. The Morgan fingerprint density at radius 3 is 2.57 bits per heavy atom. The molecule has 4 heteroatoms. The minimum absolute atomic E-state index is 0.194. The Balaban J connectivity index is 2.25. The van der Waals surface area contributed by atoms with Crippen LogP contribution in [0.4, 0.5) is 4.79 Å². The summed E-state index contributed by atoms with van der Waals surface area (Å²) in [6.45, 7) is 9.48. The van der Waals surface area contributed by atoms with Gasteiger partial charge in [-0.2, -0.15) is 0 Å². The Labute approximate surface area is 130 Å². The summed E-state index contributed by atoms with van der Waals surface area (Å²) in [6.07, 6.45) is 8.31. The maximum absolute atomic E-state index is 12.0. The molecule has 1 amide bonds. The summed E-state index contributed by atoms with van der Waals surface area (Å²) in [5.41, 5.74) is 5.88. The molecule has 1 aliphatic rings. The third kappa shape index (κ3) is 7.16. The highest BCUT2D eigenvalue weighted by Crippen LogP contribution is 2.23. The molecule has 1 rings (SSSR count). The van der Waals surface area contributed by atoms with E-state index in [0.29, 0.717) is 5.92 Å². The third-order valence-electron chi connectivity index (χ3n) is 4.12. The quantitative estimate of drug-likeness (QED) is 0.724. The minimum atomic E-state index is -0.420. The first-order chi connectivity index (χ1) is 9.83. The highest BCUT2D eigenvalue weighted by molar-refractivity contribution is 5.68. The van der Waals surface area contributed by atoms with Crippen LogP contribution in [0.25, 0.3) is 0 Å². The van der Waals surface area contributed by atoms with Gasteiger partial charge in [0.1, 0.15) is 5.60 Å². The van der Waals surface area contributed by atoms with Gasteiger partial charge in [-0.3, -0.25) is 0 Å². The van der Waals surface area contributed by atoms with Gasteiger partial charge in [-0.25, -0.2) is 4.79 Å². The van der Waals surface area contributed by atoms with Crippen LogP contribution in [0, 0.1) is 5.92 Å². The molecular weight excluding hydrogens is 264 g/mol. The number of amides is 1. The van der Waals surface area contributed by atoms with Gasteiger partial charge < -0.3 is 15.4 Å². The smallest absolute Gasteiger partial charge is 0.410 e. The van der Waals surface area contributed by atoms with E-state index in [1.165, 1.54) is 32.1 Å². The molecule has 0 aromatic heterocycles. The molecule has 4 nitrogen and oxygen atoms in total. The Morgan fingerprint density at radius 1 is 1.29 bits per heavy atom. The van der Waals surface area contributed by atoms with Gasteiger partial charge in [-0.05, 0) is 39.5 Å². The summed E-state index contributed by atoms with van der Waals surface area (Å²) in [6, 6.07) is 0.221. The second-order valence-corrected chi connectivity index (χ2v) is 7.34. The zero-order valence-electron chi connectivity index (χ0n) is 14.4. The van der Waals surface area contributed by atoms with Gasteiger partial charge in [0.2, 0.25) is 0 Å². The molecule has 0 aliphatic carbocycles. The van der Waals surface area contributed by atoms with Gasteiger partial charge in [-0.15, -0.1) is 0 Å². The van der Waals surface area contributed by atoms with E-state index in [0.717, 1.165) is 25.9 Å². The average molecular weight is 298 g/mol.